The highest BCUT2D eigenvalue weighted by molar-refractivity contribution is 5.71. The minimum atomic E-state index is 0.500. The van der Waals surface area contributed by atoms with Crippen LogP contribution in [-0.4, -0.2) is 50.4 Å². The largest absolute Gasteiger partial charge is 0.497 e. The number of nitrogens with zero attached hydrogens (tertiary/aromatic N) is 2. The van der Waals surface area contributed by atoms with Gasteiger partial charge in [0.25, 0.3) is 0 Å². The Morgan fingerprint density at radius 1 is 1.14 bits per heavy atom. The number of aliphatic imine (C=N–C) groups is 1. The maximum absolute atomic E-state index is 5.43. The minimum Gasteiger partial charge on any atom is -0.497 e. The van der Waals surface area contributed by atoms with E-state index in [4.69, 9.17) is 4.74 Å². The molecule has 2 aliphatic heterocycles. The van der Waals surface area contributed by atoms with Crippen LogP contribution in [0.5, 0.6) is 5.75 Å². The average Bonchev–Trinajstić information content (AvgIpc) is 2.97. The second-order valence-corrected chi connectivity index (χ2v) is 8.46. The zero-order valence-electron chi connectivity index (χ0n) is 18.0. The molecule has 1 aromatic carbocycles. The summed E-state index contributed by atoms with van der Waals surface area (Å²) in [4.78, 5) is 7.27. The number of methoxy groups -OCH3 is 1. The molecule has 0 bridgehead atoms. The maximum Gasteiger partial charge on any atom is 0.119 e. The van der Waals surface area contributed by atoms with E-state index in [0.717, 1.165) is 24.4 Å². The number of hydrogen-bond donors (Lipinski definition) is 1. The third kappa shape index (κ3) is 6.31. The Bertz CT molecular complexity index is 616. The van der Waals surface area contributed by atoms with Crippen molar-refractivity contribution in [3.8, 4) is 5.75 Å². The van der Waals surface area contributed by atoms with Crippen molar-refractivity contribution in [3.05, 3.63) is 23.8 Å². The summed E-state index contributed by atoms with van der Waals surface area (Å²) >= 11 is 0. The first-order valence-electron chi connectivity index (χ1n) is 11.5. The third-order valence-electron chi connectivity index (χ3n) is 6.35. The maximum atomic E-state index is 5.43. The SMILES string of the molecule is CCCCCCCN1CCCC(NCC2CC=Nc3ccc(OC)cc32)CC1. The fourth-order valence-corrected chi connectivity index (χ4v) is 4.53. The molecule has 0 saturated carbocycles. The Morgan fingerprint density at radius 2 is 2.04 bits per heavy atom. The average molecular weight is 386 g/mol. The Kier molecular flexibility index (Phi) is 8.81. The van der Waals surface area contributed by atoms with E-state index in [1.54, 1.807) is 7.11 Å². The molecule has 1 fully saturated rings. The molecule has 2 atom stereocenters. The molecule has 28 heavy (non-hydrogen) atoms. The van der Waals surface area contributed by atoms with Crippen molar-refractivity contribution in [1.29, 1.82) is 0 Å². The van der Waals surface area contributed by atoms with Gasteiger partial charge in [-0.15, -0.1) is 0 Å². The van der Waals surface area contributed by atoms with E-state index in [2.05, 4.69) is 40.5 Å². The molecule has 2 unspecified atom stereocenters. The van der Waals surface area contributed by atoms with Crippen molar-refractivity contribution < 1.29 is 4.74 Å². The molecule has 0 aromatic heterocycles. The van der Waals surface area contributed by atoms with Gasteiger partial charge in [-0.3, -0.25) is 4.99 Å². The fraction of sp³-hybridized carbons (Fsp3) is 0.708. The monoisotopic (exact) mass is 385 g/mol. The Hall–Kier alpha value is -1.39. The van der Waals surface area contributed by atoms with Crippen LogP contribution in [0.2, 0.25) is 0 Å². The van der Waals surface area contributed by atoms with Crippen molar-refractivity contribution in [2.45, 2.75) is 76.7 Å². The second kappa shape index (κ2) is 11.6. The van der Waals surface area contributed by atoms with Gasteiger partial charge in [0.05, 0.1) is 12.8 Å². The molecule has 0 aliphatic carbocycles. The topological polar surface area (TPSA) is 36.9 Å². The quantitative estimate of drug-likeness (QED) is 0.555. The number of hydrogen-bond acceptors (Lipinski definition) is 4. The Balaban J connectivity index is 1.43. The summed E-state index contributed by atoms with van der Waals surface area (Å²) in [6.45, 7) is 7.15. The van der Waals surface area contributed by atoms with Gasteiger partial charge >= 0.3 is 0 Å². The van der Waals surface area contributed by atoms with Crippen LogP contribution in [0.25, 0.3) is 0 Å². The lowest BCUT2D eigenvalue weighted by Gasteiger charge is -2.25. The number of likely N-dealkylation sites (tertiary alicyclic amines) is 1. The van der Waals surface area contributed by atoms with Gasteiger partial charge in [-0.2, -0.15) is 0 Å². The molecule has 0 radical (unpaired) electrons. The van der Waals surface area contributed by atoms with Gasteiger partial charge in [0.2, 0.25) is 0 Å². The number of rotatable bonds is 10. The third-order valence-corrected chi connectivity index (χ3v) is 6.35. The van der Waals surface area contributed by atoms with Crippen molar-refractivity contribution in [1.82, 2.24) is 10.2 Å². The van der Waals surface area contributed by atoms with E-state index in [9.17, 15) is 0 Å². The Labute approximate surface area is 171 Å². The van der Waals surface area contributed by atoms with Gasteiger partial charge in [0.15, 0.2) is 0 Å². The molecule has 0 spiro atoms. The zero-order valence-corrected chi connectivity index (χ0v) is 18.0. The molecule has 156 valence electrons. The first-order chi connectivity index (χ1) is 13.8. The van der Waals surface area contributed by atoms with E-state index >= 15 is 0 Å². The number of ether oxygens (including phenoxy) is 1. The van der Waals surface area contributed by atoms with Gasteiger partial charge in [-0.1, -0.05) is 32.6 Å². The van der Waals surface area contributed by atoms with E-state index < -0.39 is 0 Å². The summed E-state index contributed by atoms with van der Waals surface area (Å²) < 4.78 is 5.43. The van der Waals surface area contributed by atoms with Crippen LogP contribution in [0.15, 0.2) is 23.2 Å². The molecule has 0 amide bonds. The smallest absolute Gasteiger partial charge is 0.119 e. The van der Waals surface area contributed by atoms with Gasteiger partial charge < -0.3 is 15.0 Å². The summed E-state index contributed by atoms with van der Waals surface area (Å²) in [6.07, 6.45) is 13.9. The van der Waals surface area contributed by atoms with Crippen molar-refractivity contribution in [2.75, 3.05) is 33.3 Å². The highest BCUT2D eigenvalue weighted by Gasteiger charge is 2.22. The molecule has 1 N–H and O–H groups in total. The summed E-state index contributed by atoms with van der Waals surface area (Å²) in [5.41, 5.74) is 2.44. The van der Waals surface area contributed by atoms with Gasteiger partial charge in [0.1, 0.15) is 5.75 Å². The van der Waals surface area contributed by atoms with Crippen molar-refractivity contribution in [3.63, 3.8) is 0 Å². The highest BCUT2D eigenvalue weighted by atomic mass is 16.5. The first kappa shape index (κ1) is 21.3. The number of nitrogens with one attached hydrogen (secondary N) is 1. The van der Waals surface area contributed by atoms with Crippen molar-refractivity contribution in [2.24, 2.45) is 4.99 Å². The molecule has 1 aromatic rings. The molecule has 2 heterocycles. The van der Waals surface area contributed by atoms with E-state index in [1.165, 1.54) is 76.6 Å². The second-order valence-electron chi connectivity index (χ2n) is 8.46. The lowest BCUT2D eigenvalue weighted by atomic mass is 9.91. The summed E-state index contributed by atoms with van der Waals surface area (Å²) in [7, 11) is 1.74. The van der Waals surface area contributed by atoms with E-state index in [-0.39, 0.29) is 0 Å². The fourth-order valence-electron chi connectivity index (χ4n) is 4.53. The molecule has 2 aliphatic rings. The lowest BCUT2D eigenvalue weighted by Crippen LogP contribution is -2.34. The van der Waals surface area contributed by atoms with Gasteiger partial charge in [0, 0.05) is 24.7 Å². The molecule has 4 heteroatoms. The van der Waals surface area contributed by atoms with Crippen LogP contribution >= 0.6 is 0 Å². The molecule has 3 rings (SSSR count). The lowest BCUT2D eigenvalue weighted by molar-refractivity contribution is 0.274. The van der Waals surface area contributed by atoms with Crippen LogP contribution < -0.4 is 10.1 Å². The van der Waals surface area contributed by atoms with Crippen LogP contribution in [0.1, 0.15) is 76.2 Å². The van der Waals surface area contributed by atoms with Crippen LogP contribution in [0.3, 0.4) is 0 Å². The predicted octanol–water partition coefficient (Wildman–Crippen LogP) is 5.30. The van der Waals surface area contributed by atoms with E-state index in [0.29, 0.717) is 12.0 Å². The molecule has 1 saturated heterocycles. The van der Waals surface area contributed by atoms with Crippen LogP contribution in [0, 0.1) is 0 Å². The van der Waals surface area contributed by atoms with E-state index in [1.807, 2.05) is 6.07 Å². The minimum absolute atomic E-state index is 0.500. The Morgan fingerprint density at radius 3 is 2.89 bits per heavy atom. The number of unbranched alkanes of at least 4 members (excludes halogenated alkanes) is 4. The summed E-state index contributed by atoms with van der Waals surface area (Å²) in [5.74, 6) is 1.44. The number of fused-ring (bicyclic) bond motifs is 1. The van der Waals surface area contributed by atoms with Gasteiger partial charge in [-0.25, -0.2) is 0 Å². The van der Waals surface area contributed by atoms with Crippen molar-refractivity contribution >= 4 is 11.9 Å². The summed E-state index contributed by atoms with van der Waals surface area (Å²) in [5, 5.41) is 3.89. The first-order valence-corrected chi connectivity index (χ1v) is 11.5. The number of benzene rings is 1. The van der Waals surface area contributed by atoms with Crippen LogP contribution in [-0.2, 0) is 0 Å². The highest BCUT2D eigenvalue weighted by Crippen LogP contribution is 2.35. The molecular formula is C24H39N3O. The predicted molar refractivity (Wildman–Crippen MR) is 119 cm³/mol. The van der Waals surface area contributed by atoms with Crippen LogP contribution in [0.4, 0.5) is 5.69 Å². The summed E-state index contributed by atoms with van der Waals surface area (Å²) in [6, 6.07) is 6.92. The molecule has 4 nitrogen and oxygen atoms in total. The standard InChI is InChI=1S/C24H39N3O/c1-3-4-5-6-7-15-27-16-8-9-21(13-17-27)26-19-20-12-14-25-24-11-10-22(28-2)18-23(20)24/h10-11,14,18,20-21,26H,3-9,12-13,15-17,19H2,1-2H3. The molecular weight excluding hydrogens is 346 g/mol. The van der Waals surface area contributed by atoms with Gasteiger partial charge in [-0.05, 0) is 75.5 Å². The zero-order chi connectivity index (χ0) is 19.6. The normalized spacial score (nSPS) is 22.6.